The number of hydrogen-bond donors (Lipinski definition) is 1. The molecule has 2 aromatic carbocycles. The van der Waals surface area contributed by atoms with Gasteiger partial charge in [-0.25, -0.2) is 0 Å². The van der Waals surface area contributed by atoms with Gasteiger partial charge in [0.1, 0.15) is 11.5 Å². The fraction of sp³-hybridized carbons (Fsp3) is 0.594. The highest BCUT2D eigenvalue weighted by Gasteiger charge is 2.47. The predicted molar refractivity (Wildman–Crippen MR) is 150 cm³/mol. The topological polar surface area (TPSA) is 44.8 Å². The zero-order valence-corrected chi connectivity index (χ0v) is 22.7. The summed E-state index contributed by atoms with van der Waals surface area (Å²) in [4.78, 5) is 18.6. The highest BCUT2D eigenvalue weighted by Crippen LogP contribution is 2.35. The Balaban J connectivity index is 1.16. The number of carbonyl (C=O) groups is 1. The number of unbranched alkanes of at least 4 members (excludes halogenated alkanes) is 1. The van der Waals surface area contributed by atoms with E-state index in [0.717, 1.165) is 82.2 Å². The summed E-state index contributed by atoms with van der Waals surface area (Å²) in [7, 11) is 0. The second-order valence-electron chi connectivity index (χ2n) is 11.6. The Hall–Kier alpha value is -2.37. The van der Waals surface area contributed by atoms with Gasteiger partial charge in [0.2, 0.25) is 5.91 Å². The van der Waals surface area contributed by atoms with Gasteiger partial charge in [-0.3, -0.25) is 9.69 Å². The number of ether oxygens (including phenoxy) is 1. The first kappa shape index (κ1) is 26.2. The second kappa shape index (κ2) is 12.4. The van der Waals surface area contributed by atoms with Crippen molar-refractivity contribution in [2.45, 2.75) is 89.3 Å². The van der Waals surface area contributed by atoms with Crippen LogP contribution in [0.1, 0.15) is 76.7 Å². The summed E-state index contributed by atoms with van der Waals surface area (Å²) in [5, 5.41) is 3.75. The Morgan fingerprint density at radius 2 is 1.65 bits per heavy atom. The van der Waals surface area contributed by atoms with Gasteiger partial charge >= 0.3 is 0 Å². The number of rotatable bonds is 9. The first-order valence-corrected chi connectivity index (χ1v) is 14.7. The lowest BCUT2D eigenvalue weighted by atomic mass is 9.79. The van der Waals surface area contributed by atoms with Crippen molar-refractivity contribution >= 4 is 5.91 Å². The smallest absolute Gasteiger partial charge is 0.240 e. The molecule has 37 heavy (non-hydrogen) atoms. The minimum absolute atomic E-state index is 0.0147. The fourth-order valence-corrected chi connectivity index (χ4v) is 6.64. The number of likely N-dealkylation sites (tertiary alicyclic amines) is 1. The summed E-state index contributed by atoms with van der Waals surface area (Å²) in [5.41, 5.74) is 1.30. The maximum absolute atomic E-state index is 13.8. The third kappa shape index (κ3) is 6.56. The molecule has 1 atom stereocenters. The molecule has 3 fully saturated rings. The minimum Gasteiger partial charge on any atom is -0.457 e. The van der Waals surface area contributed by atoms with E-state index in [1.807, 2.05) is 30.3 Å². The van der Waals surface area contributed by atoms with Crippen molar-refractivity contribution in [1.82, 2.24) is 15.1 Å². The molecule has 2 saturated heterocycles. The maximum Gasteiger partial charge on any atom is 0.240 e. The van der Waals surface area contributed by atoms with Gasteiger partial charge in [0, 0.05) is 32.7 Å². The molecule has 0 unspecified atom stereocenters. The standard InChI is InChI=1S/C32H45N3O2/c1-2-3-20-35-31(36)30(23-26-10-6-4-7-11-26)33-25-32(35)18-21-34(22-19-32)24-27-14-16-29(17-15-27)37-28-12-8-5-9-13-28/h5,8-9,12-17,26,30,33H,2-4,6-7,10-11,18-25H2,1H3/t30-/m0/s1. The number of hydrogen-bond acceptors (Lipinski definition) is 4. The van der Waals surface area contributed by atoms with Crippen molar-refractivity contribution in [2.24, 2.45) is 5.92 Å². The third-order valence-corrected chi connectivity index (χ3v) is 8.94. The van der Waals surface area contributed by atoms with Crippen molar-refractivity contribution < 1.29 is 9.53 Å². The van der Waals surface area contributed by atoms with Crippen molar-refractivity contribution in [1.29, 1.82) is 0 Å². The molecule has 0 aromatic heterocycles. The van der Waals surface area contributed by atoms with Gasteiger partial charge in [-0.1, -0.05) is 75.8 Å². The molecular formula is C32H45N3O2. The number of carbonyl (C=O) groups excluding carboxylic acids is 1. The van der Waals surface area contributed by atoms with Crippen LogP contribution in [0.2, 0.25) is 0 Å². The minimum atomic E-state index is -0.0147. The molecule has 1 spiro atoms. The van der Waals surface area contributed by atoms with Crippen LogP contribution in [0.3, 0.4) is 0 Å². The molecule has 2 aromatic rings. The predicted octanol–water partition coefficient (Wildman–Crippen LogP) is 6.38. The van der Waals surface area contributed by atoms with Crippen LogP contribution < -0.4 is 10.1 Å². The first-order valence-electron chi connectivity index (χ1n) is 14.7. The number of benzene rings is 2. The van der Waals surface area contributed by atoms with E-state index in [1.165, 1.54) is 37.7 Å². The van der Waals surface area contributed by atoms with Gasteiger partial charge in [-0.05, 0) is 61.4 Å². The van der Waals surface area contributed by atoms with E-state index in [4.69, 9.17) is 4.74 Å². The average Bonchev–Trinajstić information content (AvgIpc) is 2.94. The fourth-order valence-electron chi connectivity index (χ4n) is 6.64. The lowest BCUT2D eigenvalue weighted by Crippen LogP contribution is -2.70. The zero-order chi connectivity index (χ0) is 25.5. The van der Waals surface area contributed by atoms with Crippen LogP contribution in [0.15, 0.2) is 54.6 Å². The Labute approximate surface area is 223 Å². The summed E-state index contributed by atoms with van der Waals surface area (Å²) < 4.78 is 5.95. The van der Waals surface area contributed by atoms with Crippen LogP contribution in [-0.4, -0.2) is 53.5 Å². The molecule has 5 nitrogen and oxygen atoms in total. The molecule has 1 amide bonds. The lowest BCUT2D eigenvalue weighted by Gasteiger charge is -2.53. The third-order valence-electron chi connectivity index (χ3n) is 8.94. The number of nitrogens with one attached hydrogen (secondary N) is 1. The van der Waals surface area contributed by atoms with E-state index in [1.54, 1.807) is 0 Å². The highest BCUT2D eigenvalue weighted by molar-refractivity contribution is 5.83. The summed E-state index contributed by atoms with van der Waals surface area (Å²) in [6.07, 6.45) is 12.0. The molecule has 1 saturated carbocycles. The van der Waals surface area contributed by atoms with Gasteiger partial charge in [0.05, 0.1) is 11.6 Å². The number of para-hydroxylation sites is 1. The van der Waals surface area contributed by atoms with E-state index in [2.05, 4.69) is 46.3 Å². The van der Waals surface area contributed by atoms with Crippen molar-refractivity contribution in [3.05, 3.63) is 60.2 Å². The van der Waals surface area contributed by atoms with Gasteiger partial charge in [-0.15, -0.1) is 0 Å². The average molecular weight is 504 g/mol. The largest absolute Gasteiger partial charge is 0.457 e. The Morgan fingerprint density at radius 1 is 0.946 bits per heavy atom. The molecule has 0 radical (unpaired) electrons. The molecule has 3 aliphatic rings. The Bertz CT molecular complexity index is 979. The molecule has 2 heterocycles. The van der Waals surface area contributed by atoms with Crippen LogP contribution in [0, 0.1) is 5.92 Å². The number of nitrogens with zero attached hydrogens (tertiary/aromatic N) is 2. The molecule has 200 valence electrons. The Kier molecular flexibility index (Phi) is 8.83. The van der Waals surface area contributed by atoms with Gasteiger partial charge in [0.15, 0.2) is 0 Å². The summed E-state index contributed by atoms with van der Waals surface area (Å²) >= 11 is 0. The molecule has 1 N–H and O–H groups in total. The first-order chi connectivity index (χ1) is 18.1. The normalized spacial score (nSPS) is 22.9. The second-order valence-corrected chi connectivity index (χ2v) is 11.6. The zero-order valence-electron chi connectivity index (χ0n) is 22.7. The SMILES string of the molecule is CCCCN1C(=O)[C@H](CC2CCCCC2)NCC12CCN(Cc1ccc(Oc3ccccc3)cc1)CC2. The number of amides is 1. The monoisotopic (exact) mass is 503 g/mol. The van der Waals surface area contributed by atoms with Crippen LogP contribution >= 0.6 is 0 Å². The van der Waals surface area contributed by atoms with Gasteiger partial charge in [0.25, 0.3) is 0 Å². The van der Waals surface area contributed by atoms with Crippen molar-refractivity contribution in [3.63, 3.8) is 0 Å². The quantitative estimate of drug-likeness (QED) is 0.431. The van der Waals surface area contributed by atoms with Gasteiger partial charge in [-0.2, -0.15) is 0 Å². The number of piperidine rings is 1. The van der Waals surface area contributed by atoms with Crippen LogP contribution in [0.25, 0.3) is 0 Å². The van der Waals surface area contributed by atoms with Gasteiger partial charge < -0.3 is 15.0 Å². The number of piperazine rings is 1. The maximum atomic E-state index is 13.8. The van der Waals surface area contributed by atoms with E-state index in [-0.39, 0.29) is 11.6 Å². The van der Waals surface area contributed by atoms with Crippen molar-refractivity contribution in [2.75, 3.05) is 26.2 Å². The summed E-state index contributed by atoms with van der Waals surface area (Å²) in [6, 6.07) is 18.4. The highest BCUT2D eigenvalue weighted by atomic mass is 16.5. The van der Waals surface area contributed by atoms with Crippen LogP contribution in [0.4, 0.5) is 0 Å². The Morgan fingerprint density at radius 3 is 2.35 bits per heavy atom. The van der Waals surface area contributed by atoms with Crippen LogP contribution in [-0.2, 0) is 11.3 Å². The van der Waals surface area contributed by atoms with Crippen molar-refractivity contribution in [3.8, 4) is 11.5 Å². The molecule has 5 heteroatoms. The molecule has 0 bridgehead atoms. The summed E-state index contributed by atoms with van der Waals surface area (Å²) in [6.45, 7) is 7.13. The van der Waals surface area contributed by atoms with E-state index < -0.39 is 0 Å². The molecule has 5 rings (SSSR count). The van der Waals surface area contributed by atoms with E-state index in [9.17, 15) is 4.79 Å². The van der Waals surface area contributed by atoms with Crippen LogP contribution in [0.5, 0.6) is 11.5 Å². The molecule has 1 aliphatic carbocycles. The van der Waals surface area contributed by atoms with E-state index in [0.29, 0.717) is 5.91 Å². The lowest BCUT2D eigenvalue weighted by molar-refractivity contribution is -0.148. The van der Waals surface area contributed by atoms with E-state index >= 15 is 0 Å². The molecule has 2 aliphatic heterocycles. The molecular weight excluding hydrogens is 458 g/mol. The summed E-state index contributed by atoms with van der Waals surface area (Å²) in [5.74, 6) is 2.84.